The molecule has 0 unspecified atom stereocenters. The standard InChI is InChI=1S/C12H16O3/c1-3-8-15-12(13)11-7-5-4-6-10(11)9-14-2/h4-7H,3,8-9H2,1-2H3. The van der Waals surface area contributed by atoms with Crippen LogP contribution in [0.3, 0.4) is 0 Å². The number of benzene rings is 1. The minimum atomic E-state index is -0.274. The summed E-state index contributed by atoms with van der Waals surface area (Å²) in [6.07, 6.45) is 0.832. The maximum Gasteiger partial charge on any atom is 0.338 e. The summed E-state index contributed by atoms with van der Waals surface area (Å²) in [6.45, 7) is 2.85. The second-order valence-corrected chi connectivity index (χ2v) is 3.23. The predicted octanol–water partition coefficient (Wildman–Crippen LogP) is 2.40. The van der Waals surface area contributed by atoms with Crippen molar-refractivity contribution in [3.8, 4) is 0 Å². The first-order valence-electron chi connectivity index (χ1n) is 5.03. The minimum Gasteiger partial charge on any atom is -0.462 e. The molecule has 0 N–H and O–H groups in total. The molecule has 1 rings (SSSR count). The van der Waals surface area contributed by atoms with Crippen LogP contribution in [0, 0.1) is 0 Å². The van der Waals surface area contributed by atoms with Gasteiger partial charge in [-0.15, -0.1) is 0 Å². The monoisotopic (exact) mass is 208 g/mol. The summed E-state index contributed by atoms with van der Waals surface area (Å²) in [5.41, 5.74) is 1.45. The molecule has 0 bridgehead atoms. The van der Waals surface area contributed by atoms with Gasteiger partial charge in [0.05, 0.1) is 18.8 Å². The van der Waals surface area contributed by atoms with Gasteiger partial charge in [0.25, 0.3) is 0 Å². The van der Waals surface area contributed by atoms with Crippen molar-refractivity contribution in [3.05, 3.63) is 35.4 Å². The van der Waals surface area contributed by atoms with Crippen LogP contribution in [0.25, 0.3) is 0 Å². The van der Waals surface area contributed by atoms with E-state index in [1.54, 1.807) is 13.2 Å². The van der Waals surface area contributed by atoms with Crippen molar-refractivity contribution >= 4 is 5.97 Å². The number of ether oxygens (including phenoxy) is 2. The molecule has 0 atom stereocenters. The second kappa shape index (κ2) is 6.19. The number of methoxy groups -OCH3 is 1. The summed E-state index contributed by atoms with van der Waals surface area (Å²) in [5.74, 6) is -0.274. The van der Waals surface area contributed by atoms with Crippen LogP contribution < -0.4 is 0 Å². The van der Waals surface area contributed by atoms with Crippen LogP contribution >= 0.6 is 0 Å². The number of hydrogen-bond acceptors (Lipinski definition) is 3. The van der Waals surface area contributed by atoms with E-state index >= 15 is 0 Å². The van der Waals surface area contributed by atoms with Gasteiger partial charge in [-0.2, -0.15) is 0 Å². The summed E-state index contributed by atoms with van der Waals surface area (Å²) in [6, 6.07) is 7.32. The van der Waals surface area contributed by atoms with Gasteiger partial charge in [0.15, 0.2) is 0 Å². The van der Waals surface area contributed by atoms with Gasteiger partial charge in [-0.1, -0.05) is 25.1 Å². The molecule has 0 amide bonds. The zero-order valence-electron chi connectivity index (χ0n) is 9.16. The van der Waals surface area contributed by atoms with Gasteiger partial charge in [0.1, 0.15) is 0 Å². The molecule has 0 aliphatic carbocycles. The first-order chi connectivity index (χ1) is 7.29. The molecule has 0 radical (unpaired) electrons. The molecule has 0 aromatic heterocycles. The third kappa shape index (κ3) is 3.36. The number of hydrogen-bond donors (Lipinski definition) is 0. The van der Waals surface area contributed by atoms with Crippen molar-refractivity contribution in [2.45, 2.75) is 20.0 Å². The summed E-state index contributed by atoms with van der Waals surface area (Å²) in [5, 5.41) is 0. The molecule has 0 aliphatic rings. The molecule has 3 nitrogen and oxygen atoms in total. The number of carbonyl (C=O) groups is 1. The predicted molar refractivity (Wildman–Crippen MR) is 57.7 cm³/mol. The van der Waals surface area contributed by atoms with Gasteiger partial charge in [0, 0.05) is 7.11 Å². The van der Waals surface area contributed by atoms with Crippen LogP contribution in [0.5, 0.6) is 0 Å². The Kier molecular flexibility index (Phi) is 4.84. The van der Waals surface area contributed by atoms with Gasteiger partial charge >= 0.3 is 5.97 Å². The van der Waals surface area contributed by atoms with Crippen molar-refractivity contribution in [2.75, 3.05) is 13.7 Å². The smallest absolute Gasteiger partial charge is 0.338 e. The van der Waals surface area contributed by atoms with E-state index in [0.717, 1.165) is 12.0 Å². The van der Waals surface area contributed by atoms with E-state index in [0.29, 0.717) is 18.8 Å². The molecule has 0 spiro atoms. The number of esters is 1. The van der Waals surface area contributed by atoms with E-state index in [1.165, 1.54) is 0 Å². The average molecular weight is 208 g/mol. The van der Waals surface area contributed by atoms with E-state index < -0.39 is 0 Å². The minimum absolute atomic E-state index is 0.274. The molecular weight excluding hydrogens is 192 g/mol. The van der Waals surface area contributed by atoms with Crippen LogP contribution in [0.1, 0.15) is 29.3 Å². The Balaban J connectivity index is 2.77. The van der Waals surface area contributed by atoms with Crippen molar-refractivity contribution in [1.29, 1.82) is 0 Å². The molecule has 1 aromatic rings. The van der Waals surface area contributed by atoms with Crippen LogP contribution in [0.4, 0.5) is 0 Å². The van der Waals surface area contributed by atoms with E-state index in [2.05, 4.69) is 0 Å². The maximum absolute atomic E-state index is 11.6. The first-order valence-corrected chi connectivity index (χ1v) is 5.03. The Morgan fingerprint density at radius 3 is 2.73 bits per heavy atom. The molecule has 0 saturated heterocycles. The number of rotatable bonds is 5. The van der Waals surface area contributed by atoms with Gasteiger partial charge in [-0.05, 0) is 18.1 Å². The Morgan fingerprint density at radius 2 is 2.07 bits per heavy atom. The fourth-order valence-corrected chi connectivity index (χ4v) is 1.27. The first kappa shape index (κ1) is 11.7. The Morgan fingerprint density at radius 1 is 1.33 bits per heavy atom. The lowest BCUT2D eigenvalue weighted by Gasteiger charge is -2.07. The molecule has 82 valence electrons. The zero-order chi connectivity index (χ0) is 11.1. The summed E-state index contributed by atoms with van der Waals surface area (Å²) >= 11 is 0. The zero-order valence-corrected chi connectivity index (χ0v) is 9.16. The highest BCUT2D eigenvalue weighted by atomic mass is 16.5. The number of carbonyl (C=O) groups excluding carboxylic acids is 1. The second-order valence-electron chi connectivity index (χ2n) is 3.23. The average Bonchev–Trinajstić information content (AvgIpc) is 2.27. The molecule has 0 saturated carbocycles. The van der Waals surface area contributed by atoms with E-state index in [9.17, 15) is 4.79 Å². The van der Waals surface area contributed by atoms with E-state index in [1.807, 2.05) is 25.1 Å². The van der Waals surface area contributed by atoms with Crippen LogP contribution in [-0.2, 0) is 16.1 Å². The topological polar surface area (TPSA) is 35.5 Å². The lowest BCUT2D eigenvalue weighted by molar-refractivity contribution is 0.0500. The molecule has 15 heavy (non-hydrogen) atoms. The van der Waals surface area contributed by atoms with Gasteiger partial charge in [-0.3, -0.25) is 0 Å². The van der Waals surface area contributed by atoms with Crippen molar-refractivity contribution in [2.24, 2.45) is 0 Å². The fraction of sp³-hybridized carbons (Fsp3) is 0.417. The Hall–Kier alpha value is -1.35. The molecular formula is C12H16O3. The van der Waals surface area contributed by atoms with Gasteiger partial charge in [0.2, 0.25) is 0 Å². The van der Waals surface area contributed by atoms with Gasteiger partial charge < -0.3 is 9.47 Å². The normalized spacial score (nSPS) is 10.0. The lowest BCUT2D eigenvalue weighted by Crippen LogP contribution is -2.09. The van der Waals surface area contributed by atoms with E-state index in [4.69, 9.17) is 9.47 Å². The summed E-state index contributed by atoms with van der Waals surface area (Å²) in [4.78, 5) is 11.6. The Bertz CT molecular complexity index is 320. The highest BCUT2D eigenvalue weighted by Gasteiger charge is 2.11. The highest BCUT2D eigenvalue weighted by molar-refractivity contribution is 5.91. The quantitative estimate of drug-likeness (QED) is 0.697. The van der Waals surface area contributed by atoms with Crippen molar-refractivity contribution in [1.82, 2.24) is 0 Å². The third-order valence-corrected chi connectivity index (χ3v) is 1.97. The molecule has 3 heteroatoms. The fourth-order valence-electron chi connectivity index (χ4n) is 1.27. The third-order valence-electron chi connectivity index (χ3n) is 1.97. The van der Waals surface area contributed by atoms with E-state index in [-0.39, 0.29) is 5.97 Å². The molecule has 0 heterocycles. The SMILES string of the molecule is CCCOC(=O)c1ccccc1COC. The molecule has 0 fully saturated rings. The maximum atomic E-state index is 11.6. The van der Waals surface area contributed by atoms with Crippen LogP contribution in [0.15, 0.2) is 24.3 Å². The van der Waals surface area contributed by atoms with Gasteiger partial charge in [-0.25, -0.2) is 4.79 Å². The Labute approximate surface area is 90.0 Å². The summed E-state index contributed by atoms with van der Waals surface area (Å²) in [7, 11) is 1.61. The molecule has 1 aromatic carbocycles. The summed E-state index contributed by atoms with van der Waals surface area (Å²) < 4.78 is 10.1. The van der Waals surface area contributed by atoms with Crippen molar-refractivity contribution < 1.29 is 14.3 Å². The highest BCUT2D eigenvalue weighted by Crippen LogP contribution is 2.11. The van der Waals surface area contributed by atoms with Crippen LogP contribution in [0.2, 0.25) is 0 Å². The molecule has 0 aliphatic heterocycles. The largest absolute Gasteiger partial charge is 0.462 e. The van der Waals surface area contributed by atoms with Crippen molar-refractivity contribution in [3.63, 3.8) is 0 Å². The van der Waals surface area contributed by atoms with Crippen LogP contribution in [-0.4, -0.2) is 19.7 Å². The lowest BCUT2D eigenvalue weighted by atomic mass is 10.1.